The predicted molar refractivity (Wildman–Crippen MR) is 76.1 cm³/mol. The molecule has 0 bridgehead atoms. The third-order valence-corrected chi connectivity index (χ3v) is 2.89. The van der Waals surface area contributed by atoms with Gasteiger partial charge in [0.15, 0.2) is 11.5 Å². The summed E-state index contributed by atoms with van der Waals surface area (Å²) in [6.07, 6.45) is 1.52. The molecule has 1 rings (SSSR count). The number of rotatable bonds is 4. The van der Waals surface area contributed by atoms with Gasteiger partial charge in [-0.05, 0) is 53.3 Å². The molecule has 18 heavy (non-hydrogen) atoms. The summed E-state index contributed by atoms with van der Waals surface area (Å²) >= 11 is 2.12. The Bertz CT molecular complexity index is 537. The average molecular weight is 354 g/mol. The number of nitriles is 2. The topological polar surface area (TPSA) is 66.0 Å². The van der Waals surface area contributed by atoms with Gasteiger partial charge in [0.2, 0.25) is 0 Å². The highest BCUT2D eigenvalue weighted by Gasteiger charge is 2.10. The molecule has 0 fully saturated rings. The zero-order valence-electron chi connectivity index (χ0n) is 10.0. The molecule has 0 aliphatic heterocycles. The average Bonchev–Trinajstić information content (AvgIpc) is 2.36. The molecule has 5 heteroatoms. The summed E-state index contributed by atoms with van der Waals surface area (Å²) in [5, 5.41) is 17.5. The summed E-state index contributed by atoms with van der Waals surface area (Å²) in [7, 11) is 1.57. The highest BCUT2D eigenvalue weighted by atomic mass is 127. The molecule has 0 amide bonds. The number of methoxy groups -OCH3 is 1. The summed E-state index contributed by atoms with van der Waals surface area (Å²) in [6, 6.07) is 7.23. The Morgan fingerprint density at radius 3 is 2.56 bits per heavy atom. The van der Waals surface area contributed by atoms with Crippen LogP contribution in [-0.2, 0) is 0 Å². The number of nitrogens with zero attached hydrogens (tertiary/aromatic N) is 2. The number of allylic oxidation sites excluding steroid dienone is 1. The lowest BCUT2D eigenvalue weighted by Crippen LogP contribution is -1.97. The third-order valence-electron chi connectivity index (χ3n) is 2.09. The van der Waals surface area contributed by atoms with Crippen LogP contribution in [0.25, 0.3) is 6.08 Å². The maximum absolute atomic E-state index is 8.73. The molecule has 0 heterocycles. The van der Waals surface area contributed by atoms with Crippen molar-refractivity contribution in [2.45, 2.75) is 6.92 Å². The Kier molecular flexibility index (Phi) is 5.47. The van der Waals surface area contributed by atoms with Crippen LogP contribution >= 0.6 is 22.6 Å². The lowest BCUT2D eigenvalue weighted by molar-refractivity contribution is 0.309. The Morgan fingerprint density at radius 1 is 1.39 bits per heavy atom. The van der Waals surface area contributed by atoms with Gasteiger partial charge in [0.25, 0.3) is 0 Å². The number of hydrogen-bond acceptors (Lipinski definition) is 4. The number of ether oxygens (including phenoxy) is 2. The van der Waals surface area contributed by atoms with Gasteiger partial charge in [0.1, 0.15) is 17.7 Å². The molecule has 0 atom stereocenters. The number of halogens is 1. The number of hydrogen-bond donors (Lipinski definition) is 0. The van der Waals surface area contributed by atoms with Gasteiger partial charge in [-0.3, -0.25) is 0 Å². The van der Waals surface area contributed by atoms with Crippen LogP contribution in [0, 0.1) is 26.2 Å². The fourth-order valence-corrected chi connectivity index (χ4v) is 2.23. The van der Waals surface area contributed by atoms with E-state index in [4.69, 9.17) is 20.0 Å². The van der Waals surface area contributed by atoms with Crippen LogP contribution in [0.1, 0.15) is 12.5 Å². The first-order valence-corrected chi connectivity index (χ1v) is 6.26. The molecule has 0 N–H and O–H groups in total. The smallest absolute Gasteiger partial charge is 0.174 e. The largest absolute Gasteiger partial charge is 0.492 e. The zero-order chi connectivity index (χ0) is 13.5. The molecule has 0 unspecified atom stereocenters. The molecule has 1 aromatic rings. The first-order valence-electron chi connectivity index (χ1n) is 5.18. The standard InChI is InChI=1S/C13H11IN2O2/c1-3-18-12-6-9(4-10(7-15)8-16)5-11(14)13(12)17-2/h4-6H,3H2,1-2H3. The summed E-state index contributed by atoms with van der Waals surface area (Å²) in [5.74, 6) is 1.26. The van der Waals surface area contributed by atoms with Crippen LogP contribution < -0.4 is 9.47 Å². The van der Waals surface area contributed by atoms with E-state index in [0.717, 1.165) is 9.13 Å². The highest BCUT2D eigenvalue weighted by Crippen LogP contribution is 2.34. The van der Waals surface area contributed by atoms with E-state index in [1.807, 2.05) is 25.1 Å². The van der Waals surface area contributed by atoms with E-state index in [0.29, 0.717) is 18.1 Å². The molecule has 0 aromatic heterocycles. The van der Waals surface area contributed by atoms with Gasteiger partial charge in [-0.2, -0.15) is 10.5 Å². The monoisotopic (exact) mass is 354 g/mol. The second-order valence-corrected chi connectivity index (χ2v) is 4.41. The fourth-order valence-electron chi connectivity index (χ4n) is 1.39. The summed E-state index contributed by atoms with van der Waals surface area (Å²) in [5.41, 5.74) is 0.792. The molecule has 1 aromatic carbocycles. The van der Waals surface area contributed by atoms with Crippen molar-refractivity contribution in [1.82, 2.24) is 0 Å². The van der Waals surface area contributed by atoms with Crippen LogP contribution in [0.5, 0.6) is 11.5 Å². The van der Waals surface area contributed by atoms with Crippen LogP contribution in [-0.4, -0.2) is 13.7 Å². The molecule has 0 aliphatic rings. The molecular weight excluding hydrogens is 343 g/mol. The fraction of sp³-hybridized carbons (Fsp3) is 0.231. The first kappa shape index (κ1) is 14.3. The molecule has 92 valence electrons. The van der Waals surface area contributed by atoms with Crippen LogP contribution in [0.2, 0.25) is 0 Å². The second-order valence-electron chi connectivity index (χ2n) is 3.25. The maximum atomic E-state index is 8.73. The van der Waals surface area contributed by atoms with Crippen molar-refractivity contribution >= 4 is 28.7 Å². The van der Waals surface area contributed by atoms with Gasteiger partial charge in [0, 0.05) is 0 Å². The van der Waals surface area contributed by atoms with E-state index < -0.39 is 0 Å². The van der Waals surface area contributed by atoms with E-state index in [2.05, 4.69) is 22.6 Å². The summed E-state index contributed by atoms with van der Waals surface area (Å²) < 4.78 is 11.6. The molecule has 0 radical (unpaired) electrons. The Balaban J connectivity index is 3.30. The van der Waals surface area contributed by atoms with Crippen molar-refractivity contribution in [2.75, 3.05) is 13.7 Å². The van der Waals surface area contributed by atoms with Crippen molar-refractivity contribution in [3.63, 3.8) is 0 Å². The molecule has 0 saturated heterocycles. The predicted octanol–water partition coefficient (Wildman–Crippen LogP) is 3.13. The van der Waals surface area contributed by atoms with Gasteiger partial charge < -0.3 is 9.47 Å². The number of benzene rings is 1. The quantitative estimate of drug-likeness (QED) is 0.616. The second kappa shape index (κ2) is 6.87. The third kappa shape index (κ3) is 3.38. The molecule has 4 nitrogen and oxygen atoms in total. The van der Waals surface area contributed by atoms with Crippen LogP contribution in [0.3, 0.4) is 0 Å². The van der Waals surface area contributed by atoms with Crippen molar-refractivity contribution in [3.05, 3.63) is 26.8 Å². The van der Waals surface area contributed by atoms with Crippen LogP contribution in [0.15, 0.2) is 17.7 Å². The SMILES string of the molecule is CCOc1cc(C=C(C#N)C#N)cc(I)c1OC. The van der Waals surface area contributed by atoms with Crippen molar-refractivity contribution in [2.24, 2.45) is 0 Å². The highest BCUT2D eigenvalue weighted by molar-refractivity contribution is 14.1. The van der Waals surface area contributed by atoms with E-state index in [-0.39, 0.29) is 5.57 Å². The van der Waals surface area contributed by atoms with Crippen molar-refractivity contribution in [3.8, 4) is 23.6 Å². The van der Waals surface area contributed by atoms with E-state index in [9.17, 15) is 0 Å². The summed E-state index contributed by atoms with van der Waals surface area (Å²) in [6.45, 7) is 2.40. The molecule has 0 spiro atoms. The first-order chi connectivity index (χ1) is 8.65. The van der Waals surface area contributed by atoms with Gasteiger partial charge in [0.05, 0.1) is 17.3 Å². The lowest BCUT2D eigenvalue weighted by atomic mass is 10.1. The van der Waals surface area contributed by atoms with Gasteiger partial charge in [-0.25, -0.2) is 0 Å². The Labute approximate surface area is 120 Å². The zero-order valence-corrected chi connectivity index (χ0v) is 12.2. The maximum Gasteiger partial charge on any atom is 0.174 e. The van der Waals surface area contributed by atoms with Crippen molar-refractivity contribution < 1.29 is 9.47 Å². The van der Waals surface area contributed by atoms with E-state index >= 15 is 0 Å². The molecule has 0 saturated carbocycles. The Hall–Kier alpha value is -1.73. The normalized spacial score (nSPS) is 8.94. The Morgan fingerprint density at radius 2 is 2.06 bits per heavy atom. The summed E-state index contributed by atoms with van der Waals surface area (Å²) in [4.78, 5) is 0. The van der Waals surface area contributed by atoms with Gasteiger partial charge in [-0.1, -0.05) is 0 Å². The molecule has 0 aliphatic carbocycles. The van der Waals surface area contributed by atoms with E-state index in [1.54, 1.807) is 13.2 Å². The van der Waals surface area contributed by atoms with Gasteiger partial charge >= 0.3 is 0 Å². The van der Waals surface area contributed by atoms with Crippen molar-refractivity contribution in [1.29, 1.82) is 10.5 Å². The van der Waals surface area contributed by atoms with E-state index in [1.165, 1.54) is 6.08 Å². The minimum absolute atomic E-state index is 0.0541. The minimum Gasteiger partial charge on any atom is -0.492 e. The lowest BCUT2D eigenvalue weighted by Gasteiger charge is -2.12. The van der Waals surface area contributed by atoms with Crippen LogP contribution in [0.4, 0.5) is 0 Å². The van der Waals surface area contributed by atoms with Gasteiger partial charge in [-0.15, -0.1) is 0 Å². The molecular formula is C13H11IN2O2. The minimum atomic E-state index is 0.0541.